The van der Waals surface area contributed by atoms with E-state index in [-0.39, 0.29) is 34.5 Å². The lowest BCUT2D eigenvalue weighted by atomic mass is 9.74. The molecule has 1 aromatic rings. The van der Waals surface area contributed by atoms with E-state index in [1.807, 2.05) is 0 Å². The first-order valence-corrected chi connectivity index (χ1v) is 9.35. The van der Waals surface area contributed by atoms with Crippen LogP contribution in [-0.2, 0) is 10.8 Å². The summed E-state index contributed by atoms with van der Waals surface area (Å²) in [7, 11) is 0. The summed E-state index contributed by atoms with van der Waals surface area (Å²) in [5.74, 6) is 5.58. The number of nitrogens with one attached hydrogen (secondary N) is 1. The number of carbonyl (C=O) groups excluding carboxylic acids is 1. The van der Waals surface area contributed by atoms with Gasteiger partial charge in [0.2, 0.25) is 0 Å². The van der Waals surface area contributed by atoms with Crippen LogP contribution in [0.4, 0.5) is 0 Å². The number of phenols is 1. The third-order valence-corrected chi connectivity index (χ3v) is 5.46. The molecular formula is C21H37ClN2O2. The fraction of sp³-hybridized carbons (Fsp3) is 0.667. The summed E-state index contributed by atoms with van der Waals surface area (Å²) in [5.41, 5.74) is 3.99. The van der Waals surface area contributed by atoms with Crippen LogP contribution in [0.3, 0.4) is 0 Å². The largest absolute Gasteiger partial charge is 0.507 e. The summed E-state index contributed by atoms with van der Waals surface area (Å²) < 4.78 is 0. The van der Waals surface area contributed by atoms with E-state index >= 15 is 0 Å². The Morgan fingerprint density at radius 1 is 1.19 bits per heavy atom. The number of rotatable bonds is 8. The van der Waals surface area contributed by atoms with Gasteiger partial charge >= 0.3 is 0 Å². The molecule has 5 heteroatoms. The maximum atomic E-state index is 12.2. The maximum Gasteiger partial charge on any atom is 0.268 e. The number of carbonyl (C=O) groups is 1. The highest BCUT2D eigenvalue weighted by Gasteiger charge is 2.30. The van der Waals surface area contributed by atoms with Crippen LogP contribution in [0.2, 0.25) is 0 Å². The molecule has 0 aliphatic heterocycles. The van der Waals surface area contributed by atoms with Gasteiger partial charge in [0.05, 0.1) is 5.56 Å². The number of nitrogens with two attached hydrogens (primary N) is 1. The predicted molar refractivity (Wildman–Crippen MR) is 112 cm³/mol. The van der Waals surface area contributed by atoms with Crippen LogP contribution in [0.25, 0.3) is 0 Å². The number of hydrogen-bond acceptors (Lipinski definition) is 3. The van der Waals surface area contributed by atoms with Crippen molar-refractivity contribution in [2.24, 2.45) is 11.8 Å². The van der Waals surface area contributed by atoms with Crippen molar-refractivity contribution >= 4 is 18.3 Å². The third-order valence-electron chi connectivity index (χ3n) is 5.46. The number of amides is 1. The molecule has 0 radical (unpaired) electrons. The molecule has 0 atom stereocenters. The van der Waals surface area contributed by atoms with Crippen LogP contribution in [0, 0.1) is 5.92 Å². The van der Waals surface area contributed by atoms with Crippen LogP contribution >= 0.6 is 12.4 Å². The molecular weight excluding hydrogens is 348 g/mol. The van der Waals surface area contributed by atoms with Crippen molar-refractivity contribution in [3.05, 3.63) is 28.8 Å². The molecule has 1 aromatic carbocycles. The van der Waals surface area contributed by atoms with Gasteiger partial charge in [0, 0.05) is 5.56 Å². The summed E-state index contributed by atoms with van der Waals surface area (Å²) in [6.45, 7) is 15.1. The topological polar surface area (TPSA) is 75.4 Å². The van der Waals surface area contributed by atoms with Gasteiger partial charge < -0.3 is 5.11 Å². The number of hydrazine groups is 1. The molecule has 0 heterocycles. The lowest BCUT2D eigenvalue weighted by Gasteiger charge is -2.31. The average Bonchev–Trinajstić information content (AvgIpc) is 2.53. The van der Waals surface area contributed by atoms with Gasteiger partial charge in [-0.25, -0.2) is 5.84 Å². The van der Waals surface area contributed by atoms with E-state index in [0.717, 1.165) is 36.8 Å². The number of nitrogen functional groups attached to an aromatic ring is 1. The molecule has 150 valence electrons. The highest BCUT2D eigenvalue weighted by molar-refractivity contribution is 5.97. The lowest BCUT2D eigenvalue weighted by molar-refractivity contribution is 0.0950. The minimum absolute atomic E-state index is 0. The van der Waals surface area contributed by atoms with Crippen molar-refractivity contribution < 1.29 is 9.90 Å². The van der Waals surface area contributed by atoms with Crippen LogP contribution in [0.15, 0.2) is 12.1 Å². The Balaban J connectivity index is 0.00000625. The summed E-state index contributed by atoms with van der Waals surface area (Å²) in [4.78, 5) is 12.2. The van der Waals surface area contributed by atoms with Crippen molar-refractivity contribution in [2.75, 3.05) is 0 Å². The van der Waals surface area contributed by atoms with E-state index in [4.69, 9.17) is 5.84 Å². The molecule has 26 heavy (non-hydrogen) atoms. The van der Waals surface area contributed by atoms with Crippen molar-refractivity contribution in [3.8, 4) is 5.75 Å². The molecule has 0 saturated carbocycles. The molecule has 0 aliphatic rings. The van der Waals surface area contributed by atoms with Gasteiger partial charge in [-0.05, 0) is 41.2 Å². The first-order chi connectivity index (χ1) is 11.5. The van der Waals surface area contributed by atoms with Crippen LogP contribution in [0.1, 0.15) is 95.6 Å². The normalized spacial score (nSPS) is 12.0. The van der Waals surface area contributed by atoms with E-state index in [1.54, 1.807) is 6.07 Å². The van der Waals surface area contributed by atoms with Gasteiger partial charge in [0.25, 0.3) is 5.91 Å². The second-order valence-electron chi connectivity index (χ2n) is 8.80. The molecule has 0 unspecified atom stereocenters. The Morgan fingerprint density at radius 3 is 2.23 bits per heavy atom. The van der Waals surface area contributed by atoms with Crippen molar-refractivity contribution in [3.63, 3.8) is 0 Å². The Bertz CT molecular complexity index is 610. The maximum absolute atomic E-state index is 12.2. The number of aromatic hydroxyl groups is 1. The van der Waals surface area contributed by atoms with Gasteiger partial charge in [-0.1, -0.05) is 67.4 Å². The quantitative estimate of drug-likeness (QED) is 0.327. The SMILES string of the molecule is CCC(C)(C)c1cc(C(=O)NN)c(O)c(C(C)(C)CCCC(C)C)c1.Cl. The molecule has 1 amide bonds. The molecule has 0 aromatic heterocycles. The van der Waals surface area contributed by atoms with E-state index in [1.165, 1.54) is 0 Å². The number of benzene rings is 1. The Labute approximate surface area is 165 Å². The summed E-state index contributed by atoms with van der Waals surface area (Å²) in [5, 5.41) is 10.8. The fourth-order valence-corrected chi connectivity index (χ4v) is 3.08. The van der Waals surface area contributed by atoms with Gasteiger partial charge in [-0.3, -0.25) is 10.2 Å². The molecule has 0 fully saturated rings. The second kappa shape index (κ2) is 9.61. The third kappa shape index (κ3) is 5.88. The zero-order chi connectivity index (χ0) is 19.4. The Kier molecular flexibility index (Phi) is 9.14. The van der Waals surface area contributed by atoms with Gasteiger partial charge in [0.1, 0.15) is 5.75 Å². The zero-order valence-electron chi connectivity index (χ0n) is 17.4. The first kappa shape index (κ1) is 24.7. The predicted octanol–water partition coefficient (Wildman–Crippen LogP) is 5.21. The van der Waals surface area contributed by atoms with Gasteiger partial charge in [-0.2, -0.15) is 0 Å². The second-order valence-corrected chi connectivity index (χ2v) is 8.80. The Morgan fingerprint density at radius 2 is 1.77 bits per heavy atom. The summed E-state index contributed by atoms with van der Waals surface area (Å²) in [6.07, 6.45) is 4.14. The highest BCUT2D eigenvalue weighted by atomic mass is 35.5. The van der Waals surface area contributed by atoms with Gasteiger partial charge in [-0.15, -0.1) is 12.4 Å². The Hall–Kier alpha value is -1.26. The number of halogens is 1. The van der Waals surface area contributed by atoms with Crippen molar-refractivity contribution in [1.29, 1.82) is 0 Å². The molecule has 0 saturated heterocycles. The summed E-state index contributed by atoms with van der Waals surface area (Å²) >= 11 is 0. The minimum Gasteiger partial charge on any atom is -0.507 e. The first-order valence-electron chi connectivity index (χ1n) is 9.35. The van der Waals surface area contributed by atoms with E-state index in [2.05, 4.69) is 60.0 Å². The standard InChI is InChI=1S/C21H36N2O2.ClH/c1-8-20(4,5)15-12-16(19(25)23-22)18(24)17(13-15)21(6,7)11-9-10-14(2)3;/h12-14,24H,8-11,22H2,1-7H3,(H,23,25);1H. The molecule has 4 N–H and O–H groups in total. The molecule has 4 nitrogen and oxygen atoms in total. The van der Waals surface area contributed by atoms with E-state index in [0.29, 0.717) is 5.92 Å². The van der Waals surface area contributed by atoms with Gasteiger partial charge in [0.15, 0.2) is 0 Å². The fourth-order valence-electron chi connectivity index (χ4n) is 3.08. The molecule has 0 aliphatic carbocycles. The minimum atomic E-state index is -0.453. The highest BCUT2D eigenvalue weighted by Crippen LogP contribution is 2.41. The van der Waals surface area contributed by atoms with Crippen molar-refractivity contribution in [2.45, 2.75) is 85.0 Å². The summed E-state index contributed by atoms with van der Waals surface area (Å²) in [6, 6.07) is 3.84. The average molecular weight is 385 g/mol. The van der Waals surface area contributed by atoms with Crippen LogP contribution < -0.4 is 11.3 Å². The molecule has 0 spiro atoms. The smallest absolute Gasteiger partial charge is 0.268 e. The van der Waals surface area contributed by atoms with E-state index in [9.17, 15) is 9.90 Å². The molecule has 1 rings (SSSR count). The number of phenolic OH excluding ortho intramolecular Hbond substituents is 1. The van der Waals surface area contributed by atoms with Crippen LogP contribution in [0.5, 0.6) is 5.75 Å². The van der Waals surface area contributed by atoms with E-state index < -0.39 is 5.91 Å². The number of hydrogen-bond donors (Lipinski definition) is 3. The molecule has 0 bridgehead atoms. The van der Waals surface area contributed by atoms with Crippen LogP contribution in [-0.4, -0.2) is 11.0 Å². The van der Waals surface area contributed by atoms with Crippen molar-refractivity contribution in [1.82, 2.24) is 5.43 Å². The lowest BCUT2D eigenvalue weighted by Crippen LogP contribution is -2.31. The zero-order valence-corrected chi connectivity index (χ0v) is 18.2. The monoisotopic (exact) mass is 384 g/mol.